The highest BCUT2D eigenvalue weighted by molar-refractivity contribution is 7.17. The minimum absolute atomic E-state index is 0.301. The van der Waals surface area contributed by atoms with Crippen LogP contribution in [0.15, 0.2) is 54.3 Å². The maximum Gasteiger partial charge on any atom is 0.322 e. The quantitative estimate of drug-likeness (QED) is 0.573. The highest BCUT2D eigenvalue weighted by Crippen LogP contribution is 2.28. The first kappa shape index (κ1) is 13.7. The lowest BCUT2D eigenvalue weighted by Gasteiger charge is -2.09. The zero-order valence-electron chi connectivity index (χ0n) is 12.2. The summed E-state index contributed by atoms with van der Waals surface area (Å²) in [6.45, 7) is 0. The Labute approximate surface area is 136 Å². The molecule has 0 aliphatic heterocycles. The van der Waals surface area contributed by atoms with E-state index < -0.39 is 0 Å². The van der Waals surface area contributed by atoms with Crippen LogP contribution in [-0.4, -0.2) is 26.9 Å². The molecular weight excluding hydrogens is 312 g/mol. The van der Waals surface area contributed by atoms with Gasteiger partial charge in [-0.15, -0.1) is 11.3 Å². The van der Waals surface area contributed by atoms with Crippen molar-refractivity contribution in [3.8, 4) is 23.2 Å². The van der Waals surface area contributed by atoms with Gasteiger partial charge in [0.15, 0.2) is 0 Å². The predicted molar refractivity (Wildman–Crippen MR) is 87.6 cm³/mol. The molecule has 0 aliphatic rings. The molecule has 0 aliphatic carbocycles. The molecule has 0 saturated heterocycles. The Kier molecular flexibility index (Phi) is 3.39. The minimum atomic E-state index is 0.301. The number of hydrogen-bond acceptors (Lipinski definition) is 6. The zero-order chi connectivity index (χ0) is 15.6. The summed E-state index contributed by atoms with van der Waals surface area (Å²) in [6.07, 6.45) is 5.33. The van der Waals surface area contributed by atoms with Gasteiger partial charge < -0.3 is 9.47 Å². The number of benzene rings is 1. The SMILES string of the molecule is COc1cc(Oc2ncc3sccc3n2)cc(-n2cccn2)c1. The lowest BCUT2D eigenvalue weighted by molar-refractivity contribution is 0.404. The van der Waals surface area contributed by atoms with Crippen molar-refractivity contribution in [2.45, 2.75) is 0 Å². The molecule has 0 unspecified atom stereocenters. The molecular formula is C16H12N4O2S. The normalized spacial score (nSPS) is 10.8. The third-order valence-electron chi connectivity index (χ3n) is 3.26. The zero-order valence-corrected chi connectivity index (χ0v) is 13.0. The second kappa shape index (κ2) is 5.69. The van der Waals surface area contributed by atoms with Gasteiger partial charge in [0.1, 0.15) is 11.5 Å². The smallest absolute Gasteiger partial charge is 0.322 e. The molecule has 0 saturated carbocycles. The number of thiophene rings is 1. The van der Waals surface area contributed by atoms with E-state index in [2.05, 4.69) is 15.1 Å². The van der Waals surface area contributed by atoms with Crippen LogP contribution in [0.4, 0.5) is 0 Å². The minimum Gasteiger partial charge on any atom is -0.497 e. The van der Waals surface area contributed by atoms with E-state index in [0.29, 0.717) is 17.5 Å². The van der Waals surface area contributed by atoms with Gasteiger partial charge in [0.2, 0.25) is 0 Å². The standard InChI is InChI=1S/C16H12N4O2S/c1-21-12-7-11(20-5-2-4-18-20)8-13(9-12)22-16-17-10-15-14(19-16)3-6-23-15/h2-10H,1H3. The predicted octanol–water partition coefficient (Wildman–Crippen LogP) is 3.68. The Morgan fingerprint density at radius 3 is 2.91 bits per heavy atom. The van der Waals surface area contributed by atoms with Crippen LogP contribution in [-0.2, 0) is 0 Å². The number of aromatic nitrogens is 4. The molecule has 23 heavy (non-hydrogen) atoms. The summed E-state index contributed by atoms with van der Waals surface area (Å²) in [7, 11) is 1.61. The molecule has 0 radical (unpaired) electrons. The van der Waals surface area contributed by atoms with Crippen molar-refractivity contribution in [1.82, 2.24) is 19.7 Å². The average Bonchev–Trinajstić information content (AvgIpc) is 3.25. The van der Waals surface area contributed by atoms with Crippen LogP contribution in [0.2, 0.25) is 0 Å². The van der Waals surface area contributed by atoms with Crippen LogP contribution >= 0.6 is 11.3 Å². The molecule has 0 atom stereocenters. The van der Waals surface area contributed by atoms with Crippen LogP contribution in [0.3, 0.4) is 0 Å². The topological polar surface area (TPSA) is 62.1 Å². The Balaban J connectivity index is 1.71. The Morgan fingerprint density at radius 1 is 1.17 bits per heavy atom. The van der Waals surface area contributed by atoms with Crippen LogP contribution in [0, 0.1) is 0 Å². The maximum atomic E-state index is 5.80. The molecule has 0 N–H and O–H groups in total. The summed E-state index contributed by atoms with van der Waals surface area (Å²) >= 11 is 1.60. The van der Waals surface area contributed by atoms with Gasteiger partial charge in [-0.1, -0.05) is 0 Å². The lowest BCUT2D eigenvalue weighted by atomic mass is 10.3. The fourth-order valence-electron chi connectivity index (χ4n) is 2.19. The van der Waals surface area contributed by atoms with E-state index in [1.165, 1.54) is 0 Å². The van der Waals surface area contributed by atoms with E-state index in [0.717, 1.165) is 15.9 Å². The first-order valence-corrected chi connectivity index (χ1v) is 7.77. The summed E-state index contributed by atoms with van der Waals surface area (Å²) in [5.74, 6) is 1.26. The molecule has 0 fully saturated rings. The Hall–Kier alpha value is -2.93. The summed E-state index contributed by atoms with van der Waals surface area (Å²) in [5.41, 5.74) is 1.70. The van der Waals surface area contributed by atoms with E-state index in [-0.39, 0.29) is 0 Å². The molecule has 7 heteroatoms. The van der Waals surface area contributed by atoms with Crippen molar-refractivity contribution in [2.24, 2.45) is 0 Å². The van der Waals surface area contributed by atoms with Crippen molar-refractivity contribution in [2.75, 3.05) is 7.11 Å². The van der Waals surface area contributed by atoms with Crippen molar-refractivity contribution < 1.29 is 9.47 Å². The van der Waals surface area contributed by atoms with Gasteiger partial charge in [-0.3, -0.25) is 0 Å². The van der Waals surface area contributed by atoms with Gasteiger partial charge in [0.25, 0.3) is 0 Å². The molecule has 3 aromatic heterocycles. The third kappa shape index (κ3) is 2.74. The summed E-state index contributed by atoms with van der Waals surface area (Å²) in [5, 5.41) is 6.20. The van der Waals surface area contributed by atoms with E-state index in [4.69, 9.17) is 9.47 Å². The molecule has 4 rings (SSSR count). The molecule has 0 spiro atoms. The number of methoxy groups -OCH3 is 1. The van der Waals surface area contributed by atoms with Crippen molar-refractivity contribution in [1.29, 1.82) is 0 Å². The maximum absolute atomic E-state index is 5.80. The van der Waals surface area contributed by atoms with Crippen molar-refractivity contribution in [3.63, 3.8) is 0 Å². The highest BCUT2D eigenvalue weighted by Gasteiger charge is 2.08. The number of fused-ring (bicyclic) bond motifs is 1. The van der Waals surface area contributed by atoms with E-state index in [9.17, 15) is 0 Å². The van der Waals surface area contributed by atoms with E-state index in [1.54, 1.807) is 41.6 Å². The van der Waals surface area contributed by atoms with Crippen molar-refractivity contribution in [3.05, 3.63) is 54.3 Å². The molecule has 3 heterocycles. The van der Waals surface area contributed by atoms with Gasteiger partial charge in [-0.2, -0.15) is 10.1 Å². The van der Waals surface area contributed by atoms with E-state index in [1.807, 2.05) is 35.8 Å². The molecule has 0 bridgehead atoms. The van der Waals surface area contributed by atoms with Crippen LogP contribution in [0.25, 0.3) is 15.9 Å². The first-order valence-electron chi connectivity index (χ1n) is 6.89. The summed E-state index contributed by atoms with van der Waals surface area (Å²) in [4.78, 5) is 8.63. The molecule has 6 nitrogen and oxygen atoms in total. The number of nitrogens with zero attached hydrogens (tertiary/aromatic N) is 4. The number of hydrogen-bond donors (Lipinski definition) is 0. The van der Waals surface area contributed by atoms with Crippen LogP contribution < -0.4 is 9.47 Å². The van der Waals surface area contributed by atoms with Gasteiger partial charge in [-0.05, 0) is 17.5 Å². The lowest BCUT2D eigenvalue weighted by Crippen LogP contribution is -1.97. The summed E-state index contributed by atoms with van der Waals surface area (Å²) < 4.78 is 13.9. The van der Waals surface area contributed by atoms with Crippen LogP contribution in [0.1, 0.15) is 0 Å². The second-order valence-corrected chi connectivity index (χ2v) is 5.69. The largest absolute Gasteiger partial charge is 0.497 e. The Morgan fingerprint density at radius 2 is 2.09 bits per heavy atom. The second-order valence-electron chi connectivity index (χ2n) is 4.74. The van der Waals surface area contributed by atoms with Crippen LogP contribution in [0.5, 0.6) is 17.5 Å². The monoisotopic (exact) mass is 324 g/mol. The van der Waals surface area contributed by atoms with Gasteiger partial charge in [-0.25, -0.2) is 9.67 Å². The summed E-state index contributed by atoms with van der Waals surface area (Å²) in [6, 6.07) is 9.62. The fourth-order valence-corrected chi connectivity index (χ4v) is 2.88. The Bertz CT molecular complexity index is 950. The highest BCUT2D eigenvalue weighted by atomic mass is 32.1. The van der Waals surface area contributed by atoms with Crippen molar-refractivity contribution >= 4 is 21.6 Å². The molecule has 0 amide bonds. The fraction of sp³-hybridized carbons (Fsp3) is 0.0625. The average molecular weight is 324 g/mol. The number of ether oxygens (including phenoxy) is 2. The molecule has 1 aromatic carbocycles. The first-order chi connectivity index (χ1) is 11.3. The van der Waals surface area contributed by atoms with Gasteiger partial charge >= 0.3 is 6.01 Å². The molecule has 4 aromatic rings. The molecule has 114 valence electrons. The van der Waals surface area contributed by atoms with Gasteiger partial charge in [0.05, 0.1) is 29.2 Å². The van der Waals surface area contributed by atoms with E-state index >= 15 is 0 Å². The third-order valence-corrected chi connectivity index (χ3v) is 4.10. The number of rotatable bonds is 4. The van der Waals surface area contributed by atoms with Gasteiger partial charge in [0, 0.05) is 30.6 Å².